The van der Waals surface area contributed by atoms with Gasteiger partial charge in [-0.3, -0.25) is 0 Å². The Balaban J connectivity index is 2.58. The molecule has 1 aliphatic heterocycles. The van der Waals surface area contributed by atoms with E-state index in [1.54, 1.807) is 0 Å². The van der Waals surface area contributed by atoms with Crippen LogP contribution in [0.2, 0.25) is 0 Å². The number of hydrogen-bond acceptors (Lipinski definition) is 3. The van der Waals surface area contributed by atoms with E-state index in [0.29, 0.717) is 0 Å². The predicted octanol–water partition coefficient (Wildman–Crippen LogP) is 4.24. The number of aliphatic hydroxyl groups is 1. The highest BCUT2D eigenvalue weighted by Gasteiger charge is 2.35. The number of ether oxygens (including phenoxy) is 2. The van der Waals surface area contributed by atoms with Gasteiger partial charge in [-0.2, -0.15) is 0 Å². The Hall–Kier alpha value is -1.48. The van der Waals surface area contributed by atoms with E-state index in [-0.39, 0.29) is 12.2 Å². The van der Waals surface area contributed by atoms with Crippen LogP contribution >= 0.6 is 0 Å². The maximum atomic E-state index is 9.20. The van der Waals surface area contributed by atoms with E-state index in [1.165, 1.54) is 16.7 Å². The van der Waals surface area contributed by atoms with E-state index < -0.39 is 0 Å². The van der Waals surface area contributed by atoms with Gasteiger partial charge in [0, 0.05) is 24.2 Å². The van der Waals surface area contributed by atoms with E-state index in [0.717, 1.165) is 42.1 Å². The minimum absolute atomic E-state index is 0.179. The van der Waals surface area contributed by atoms with Crippen LogP contribution in [0.5, 0.6) is 11.5 Å². The molecule has 1 aromatic carbocycles. The number of aliphatic hydroxyl groups excluding tert-OH is 1. The molecule has 0 atom stereocenters. The Morgan fingerprint density at radius 1 is 1.32 bits per heavy atom. The highest BCUT2D eigenvalue weighted by atomic mass is 16.5. The Labute approximate surface area is 134 Å². The lowest BCUT2D eigenvalue weighted by atomic mass is 9.91. The van der Waals surface area contributed by atoms with E-state index in [4.69, 9.17) is 9.47 Å². The number of benzene rings is 1. The first kappa shape index (κ1) is 16.9. The summed E-state index contributed by atoms with van der Waals surface area (Å²) in [7, 11) is 0. The summed E-state index contributed by atoms with van der Waals surface area (Å²) < 4.78 is 12.3. The molecule has 1 aromatic rings. The third-order valence-corrected chi connectivity index (χ3v) is 4.37. The van der Waals surface area contributed by atoms with Gasteiger partial charge < -0.3 is 14.6 Å². The van der Waals surface area contributed by atoms with E-state index in [1.807, 2.05) is 19.9 Å². The molecule has 0 aromatic heterocycles. The molecule has 1 N–H and O–H groups in total. The Kier molecular flexibility index (Phi) is 4.86. The van der Waals surface area contributed by atoms with Gasteiger partial charge in [0.1, 0.15) is 17.1 Å². The minimum atomic E-state index is -0.179. The van der Waals surface area contributed by atoms with Gasteiger partial charge in [0.25, 0.3) is 0 Å². The number of hydrogen-bond donors (Lipinski definition) is 1. The molecule has 0 radical (unpaired) electrons. The van der Waals surface area contributed by atoms with Crippen LogP contribution in [0.3, 0.4) is 0 Å². The summed E-state index contributed by atoms with van der Waals surface area (Å²) in [6, 6.07) is 0. The molecule has 0 unspecified atom stereocenters. The van der Waals surface area contributed by atoms with Crippen molar-refractivity contribution in [1.29, 1.82) is 0 Å². The van der Waals surface area contributed by atoms with Gasteiger partial charge in [-0.1, -0.05) is 0 Å². The van der Waals surface area contributed by atoms with Gasteiger partial charge in [0.15, 0.2) is 0 Å². The van der Waals surface area contributed by atoms with Crippen molar-refractivity contribution in [3.63, 3.8) is 0 Å². The molecule has 0 bridgehead atoms. The fourth-order valence-corrected chi connectivity index (χ4v) is 3.08. The summed E-state index contributed by atoms with van der Waals surface area (Å²) in [5.74, 6) is 2.86. The van der Waals surface area contributed by atoms with Crippen LogP contribution in [-0.4, -0.2) is 17.3 Å². The van der Waals surface area contributed by atoms with Crippen molar-refractivity contribution in [2.75, 3.05) is 6.61 Å². The molecule has 0 saturated heterocycles. The summed E-state index contributed by atoms with van der Waals surface area (Å²) >= 11 is 0. The molecule has 0 fully saturated rings. The Morgan fingerprint density at radius 2 is 2.00 bits per heavy atom. The molecule has 1 heterocycles. The molecule has 3 heteroatoms. The van der Waals surface area contributed by atoms with Crippen molar-refractivity contribution >= 4 is 0 Å². The van der Waals surface area contributed by atoms with Crippen LogP contribution < -0.4 is 9.47 Å². The highest BCUT2D eigenvalue weighted by Crippen LogP contribution is 2.46. The average Bonchev–Trinajstić information content (AvgIpc) is 2.79. The molecule has 122 valence electrons. The van der Waals surface area contributed by atoms with Crippen molar-refractivity contribution in [2.45, 2.75) is 66.4 Å². The first-order valence-corrected chi connectivity index (χ1v) is 8.06. The Morgan fingerprint density at radius 3 is 2.59 bits per heavy atom. The number of allylic oxidation sites excluding steroid dienone is 2. The van der Waals surface area contributed by atoms with Crippen molar-refractivity contribution in [3.05, 3.63) is 34.1 Å². The first-order chi connectivity index (χ1) is 10.3. The third kappa shape index (κ3) is 3.14. The van der Waals surface area contributed by atoms with E-state index in [2.05, 4.69) is 27.7 Å². The predicted molar refractivity (Wildman–Crippen MR) is 89.8 cm³/mol. The monoisotopic (exact) mass is 304 g/mol. The fourth-order valence-electron chi connectivity index (χ4n) is 3.08. The molecular formula is C19H28O3. The topological polar surface area (TPSA) is 38.7 Å². The van der Waals surface area contributed by atoms with Gasteiger partial charge in [0.2, 0.25) is 0 Å². The molecule has 0 spiro atoms. The van der Waals surface area contributed by atoms with Crippen LogP contribution in [0.4, 0.5) is 0 Å². The molecular weight excluding hydrogens is 276 g/mol. The lowest BCUT2D eigenvalue weighted by molar-refractivity contribution is 0.137. The second-order valence-corrected chi connectivity index (χ2v) is 6.73. The SMILES string of the molecule is CC=C(C)Oc1c(C)c(CCCO)c2c(c1C)CC(C)(C)O2. The summed E-state index contributed by atoms with van der Waals surface area (Å²) in [4.78, 5) is 0. The van der Waals surface area contributed by atoms with Gasteiger partial charge >= 0.3 is 0 Å². The van der Waals surface area contributed by atoms with E-state index >= 15 is 0 Å². The molecule has 2 rings (SSSR count). The number of rotatable bonds is 5. The Bertz CT molecular complexity index is 597. The maximum absolute atomic E-state index is 9.20. The lowest BCUT2D eigenvalue weighted by Gasteiger charge is -2.21. The lowest BCUT2D eigenvalue weighted by Crippen LogP contribution is -2.25. The molecule has 22 heavy (non-hydrogen) atoms. The number of fused-ring (bicyclic) bond motifs is 1. The maximum Gasteiger partial charge on any atom is 0.133 e. The summed E-state index contributed by atoms with van der Waals surface area (Å²) in [5, 5.41) is 9.20. The van der Waals surface area contributed by atoms with Gasteiger partial charge in [-0.15, -0.1) is 0 Å². The second-order valence-electron chi connectivity index (χ2n) is 6.73. The quantitative estimate of drug-likeness (QED) is 0.827. The first-order valence-electron chi connectivity index (χ1n) is 8.06. The normalized spacial score (nSPS) is 16.4. The van der Waals surface area contributed by atoms with Gasteiger partial charge in [-0.05, 0) is 71.6 Å². The molecule has 1 aliphatic rings. The fraction of sp³-hybridized carbons (Fsp3) is 0.579. The van der Waals surface area contributed by atoms with Gasteiger partial charge in [0.05, 0.1) is 5.76 Å². The molecule has 3 nitrogen and oxygen atoms in total. The van der Waals surface area contributed by atoms with Crippen LogP contribution in [0.1, 0.15) is 56.4 Å². The van der Waals surface area contributed by atoms with Crippen molar-refractivity contribution in [3.8, 4) is 11.5 Å². The summed E-state index contributed by atoms with van der Waals surface area (Å²) in [6.07, 6.45) is 4.42. The zero-order valence-electron chi connectivity index (χ0n) is 14.7. The summed E-state index contributed by atoms with van der Waals surface area (Å²) in [5.41, 5.74) is 4.55. The van der Waals surface area contributed by atoms with Crippen molar-refractivity contribution in [2.24, 2.45) is 0 Å². The van der Waals surface area contributed by atoms with Crippen molar-refractivity contribution < 1.29 is 14.6 Å². The van der Waals surface area contributed by atoms with Crippen LogP contribution in [0.15, 0.2) is 11.8 Å². The van der Waals surface area contributed by atoms with Crippen LogP contribution in [0, 0.1) is 13.8 Å². The molecule has 0 aliphatic carbocycles. The standard InChI is InChI=1S/C19H28O3/c1-7-12(2)21-17-13(3)15(9-8-10-20)18-16(14(17)4)11-19(5,6)22-18/h7,20H,8-11H2,1-6H3. The van der Waals surface area contributed by atoms with Crippen LogP contribution in [-0.2, 0) is 12.8 Å². The smallest absolute Gasteiger partial charge is 0.133 e. The molecule has 0 amide bonds. The largest absolute Gasteiger partial charge is 0.487 e. The second kappa shape index (κ2) is 6.33. The zero-order valence-corrected chi connectivity index (χ0v) is 14.7. The summed E-state index contributed by atoms with van der Waals surface area (Å²) in [6.45, 7) is 12.6. The molecule has 0 saturated carbocycles. The van der Waals surface area contributed by atoms with Crippen LogP contribution in [0.25, 0.3) is 0 Å². The highest BCUT2D eigenvalue weighted by molar-refractivity contribution is 5.61. The zero-order chi connectivity index (χ0) is 16.5. The minimum Gasteiger partial charge on any atom is -0.487 e. The van der Waals surface area contributed by atoms with E-state index in [9.17, 15) is 5.11 Å². The average molecular weight is 304 g/mol. The van der Waals surface area contributed by atoms with Gasteiger partial charge in [-0.25, -0.2) is 0 Å². The van der Waals surface area contributed by atoms with Crippen molar-refractivity contribution in [1.82, 2.24) is 0 Å². The third-order valence-electron chi connectivity index (χ3n) is 4.37.